The summed E-state index contributed by atoms with van der Waals surface area (Å²) in [5.41, 5.74) is 0.643. The molecule has 8 heteroatoms. The van der Waals surface area contributed by atoms with Crippen molar-refractivity contribution in [1.29, 1.82) is 0 Å². The van der Waals surface area contributed by atoms with Crippen LogP contribution in [0, 0.1) is 0 Å². The predicted molar refractivity (Wildman–Crippen MR) is 99.6 cm³/mol. The number of carbonyl (C=O) groups excluding carboxylic acids is 2. The minimum atomic E-state index is -0.332. The predicted octanol–water partition coefficient (Wildman–Crippen LogP) is 1.90. The molecule has 0 aromatic carbocycles. The summed E-state index contributed by atoms with van der Waals surface area (Å²) in [5, 5.41) is 10.6. The molecule has 26 heavy (non-hydrogen) atoms. The van der Waals surface area contributed by atoms with E-state index in [1.54, 1.807) is 17.8 Å². The summed E-state index contributed by atoms with van der Waals surface area (Å²) in [7, 11) is 0. The summed E-state index contributed by atoms with van der Waals surface area (Å²) >= 11 is 0. The van der Waals surface area contributed by atoms with Gasteiger partial charge in [0, 0.05) is 19.1 Å². The second-order valence-electron chi connectivity index (χ2n) is 5.07. The number of ether oxygens (including phenoxy) is 2. The van der Waals surface area contributed by atoms with Gasteiger partial charge in [0.1, 0.15) is 5.69 Å². The Bertz CT molecular complexity index is 529. The van der Waals surface area contributed by atoms with E-state index in [4.69, 9.17) is 9.47 Å². The smallest absolute Gasteiger partial charge is 0.244 e. The van der Waals surface area contributed by atoms with Crippen molar-refractivity contribution in [2.45, 2.75) is 53.6 Å². The monoisotopic (exact) mass is 368 g/mol. The molecular formula is C18H32N4O4. The third-order valence-corrected chi connectivity index (χ3v) is 2.98. The summed E-state index contributed by atoms with van der Waals surface area (Å²) < 4.78 is 12.4. The molecule has 8 nitrogen and oxygen atoms in total. The molecule has 1 amide bonds. The zero-order chi connectivity index (χ0) is 19.6. The van der Waals surface area contributed by atoms with Gasteiger partial charge in [-0.25, -0.2) is 4.68 Å². The van der Waals surface area contributed by atoms with Crippen LogP contribution >= 0.6 is 0 Å². The number of hydrogen-bond donors (Lipinski definition) is 1. The Labute approximate surface area is 155 Å². The van der Waals surface area contributed by atoms with Crippen LogP contribution in [-0.2, 0) is 32.2 Å². The molecule has 0 aliphatic carbocycles. The molecule has 148 valence electrons. The zero-order valence-corrected chi connectivity index (χ0v) is 16.4. The fourth-order valence-electron chi connectivity index (χ4n) is 1.68. The molecule has 0 aliphatic heterocycles. The van der Waals surface area contributed by atoms with Crippen LogP contribution in [-0.4, -0.2) is 53.1 Å². The van der Waals surface area contributed by atoms with E-state index in [9.17, 15) is 9.59 Å². The normalized spacial score (nSPS) is 10.5. The van der Waals surface area contributed by atoms with Crippen LogP contribution in [0.15, 0.2) is 18.3 Å². The van der Waals surface area contributed by atoms with Crippen LogP contribution in [0.3, 0.4) is 0 Å². The molecule has 0 fully saturated rings. The molecule has 1 heterocycles. The summed E-state index contributed by atoms with van der Waals surface area (Å²) in [6, 6.07) is 0. The van der Waals surface area contributed by atoms with Crippen molar-refractivity contribution < 1.29 is 19.1 Å². The van der Waals surface area contributed by atoms with E-state index in [2.05, 4.69) is 22.6 Å². The van der Waals surface area contributed by atoms with Gasteiger partial charge in [0.25, 0.3) is 0 Å². The lowest BCUT2D eigenvalue weighted by Gasteiger charge is -2.04. The minimum Gasteiger partial charge on any atom is -0.379 e. The van der Waals surface area contributed by atoms with Gasteiger partial charge in [-0.15, -0.1) is 5.10 Å². The average Bonchev–Trinajstić information content (AvgIpc) is 3.13. The van der Waals surface area contributed by atoms with Crippen LogP contribution in [0.4, 0.5) is 0 Å². The van der Waals surface area contributed by atoms with Crippen LogP contribution < -0.4 is 5.32 Å². The van der Waals surface area contributed by atoms with Crippen molar-refractivity contribution in [1.82, 2.24) is 20.3 Å². The number of rotatable bonds is 13. The Balaban J connectivity index is 0.00000301. The van der Waals surface area contributed by atoms with Crippen molar-refractivity contribution in [3.63, 3.8) is 0 Å². The molecule has 0 spiro atoms. The first-order valence-electron chi connectivity index (χ1n) is 9.19. The second-order valence-corrected chi connectivity index (χ2v) is 5.07. The lowest BCUT2D eigenvalue weighted by Crippen LogP contribution is -2.20. The van der Waals surface area contributed by atoms with Gasteiger partial charge in [-0.3, -0.25) is 9.59 Å². The lowest BCUT2D eigenvalue weighted by atomic mass is 10.3. The molecular weight excluding hydrogens is 336 g/mol. The highest BCUT2D eigenvalue weighted by molar-refractivity contribution is 5.97. The van der Waals surface area contributed by atoms with Crippen molar-refractivity contribution in [2.75, 3.05) is 26.4 Å². The zero-order valence-electron chi connectivity index (χ0n) is 16.4. The molecule has 0 radical (unpaired) electrons. The van der Waals surface area contributed by atoms with Gasteiger partial charge in [-0.1, -0.05) is 32.9 Å². The van der Waals surface area contributed by atoms with E-state index >= 15 is 0 Å². The number of aromatic nitrogens is 3. The second kappa shape index (κ2) is 16.4. The SMILES string of the molecule is CC.CCCOCCOCCn1cc(CNC(=O)/C=C/C(=O)CC)nn1. The Morgan fingerprint density at radius 1 is 1.12 bits per heavy atom. The number of amides is 1. The lowest BCUT2D eigenvalue weighted by molar-refractivity contribution is -0.118. The number of allylic oxidation sites excluding steroid dienone is 1. The van der Waals surface area contributed by atoms with E-state index < -0.39 is 0 Å². The van der Waals surface area contributed by atoms with Crippen molar-refractivity contribution >= 4 is 11.7 Å². The van der Waals surface area contributed by atoms with E-state index in [0.29, 0.717) is 38.5 Å². The van der Waals surface area contributed by atoms with Crippen LogP contribution in [0.5, 0.6) is 0 Å². The van der Waals surface area contributed by atoms with Gasteiger partial charge in [-0.05, 0) is 12.5 Å². The number of ketones is 1. The first kappa shape index (κ1) is 23.9. The summed E-state index contributed by atoms with van der Waals surface area (Å²) in [6.07, 6.45) is 5.63. The Morgan fingerprint density at radius 2 is 1.81 bits per heavy atom. The largest absolute Gasteiger partial charge is 0.379 e. The first-order valence-corrected chi connectivity index (χ1v) is 9.19. The van der Waals surface area contributed by atoms with Gasteiger partial charge < -0.3 is 14.8 Å². The minimum absolute atomic E-state index is 0.0869. The third kappa shape index (κ3) is 12.3. The Kier molecular flexibility index (Phi) is 15.1. The molecule has 1 aromatic rings. The van der Waals surface area contributed by atoms with Crippen LogP contribution in [0.1, 0.15) is 46.2 Å². The number of hydrogen-bond acceptors (Lipinski definition) is 6. The molecule has 0 unspecified atom stereocenters. The maximum Gasteiger partial charge on any atom is 0.244 e. The number of nitrogens with zero attached hydrogens (tertiary/aromatic N) is 3. The van der Waals surface area contributed by atoms with Crippen LogP contribution in [0.25, 0.3) is 0 Å². The molecule has 1 rings (SSSR count). The Morgan fingerprint density at radius 3 is 2.46 bits per heavy atom. The molecule has 1 aromatic heterocycles. The van der Waals surface area contributed by atoms with E-state index in [1.165, 1.54) is 12.2 Å². The molecule has 0 aliphatic rings. The van der Waals surface area contributed by atoms with Gasteiger partial charge in [0.05, 0.1) is 39.1 Å². The van der Waals surface area contributed by atoms with Crippen molar-refractivity contribution in [3.8, 4) is 0 Å². The average molecular weight is 368 g/mol. The summed E-state index contributed by atoms with van der Waals surface area (Å²) in [6.45, 7) is 11.1. The molecule has 0 bridgehead atoms. The molecule has 0 saturated heterocycles. The number of carbonyl (C=O) groups is 2. The van der Waals surface area contributed by atoms with Gasteiger partial charge in [-0.2, -0.15) is 0 Å². The van der Waals surface area contributed by atoms with Crippen LogP contribution in [0.2, 0.25) is 0 Å². The highest BCUT2D eigenvalue weighted by atomic mass is 16.5. The van der Waals surface area contributed by atoms with Crippen molar-refractivity contribution in [2.24, 2.45) is 0 Å². The van der Waals surface area contributed by atoms with Gasteiger partial charge in [0.2, 0.25) is 5.91 Å². The van der Waals surface area contributed by atoms with Crippen molar-refractivity contribution in [3.05, 3.63) is 24.0 Å². The maximum absolute atomic E-state index is 11.5. The highest BCUT2D eigenvalue weighted by Gasteiger charge is 2.03. The fourth-order valence-corrected chi connectivity index (χ4v) is 1.68. The van der Waals surface area contributed by atoms with E-state index in [-0.39, 0.29) is 18.2 Å². The fraction of sp³-hybridized carbons (Fsp3) is 0.667. The highest BCUT2D eigenvalue weighted by Crippen LogP contribution is 1.94. The van der Waals surface area contributed by atoms with E-state index in [1.807, 2.05) is 13.8 Å². The third-order valence-electron chi connectivity index (χ3n) is 2.98. The maximum atomic E-state index is 11.5. The number of nitrogens with one attached hydrogen (secondary N) is 1. The summed E-state index contributed by atoms with van der Waals surface area (Å²) in [5.74, 6) is -0.419. The Hall–Kier alpha value is -2.06. The molecule has 0 saturated carbocycles. The standard InChI is InChI=1S/C16H26N4O4.C2H6/c1-3-8-23-10-11-24-9-7-20-13-14(18-19-20)12-17-16(22)6-5-15(21)4-2;1-2/h5-6,13H,3-4,7-12H2,1-2H3,(H,17,22);1-2H3/b6-5+;. The van der Waals surface area contributed by atoms with Gasteiger partial charge >= 0.3 is 0 Å². The molecule has 0 atom stereocenters. The summed E-state index contributed by atoms with van der Waals surface area (Å²) in [4.78, 5) is 22.6. The van der Waals surface area contributed by atoms with Gasteiger partial charge in [0.15, 0.2) is 5.78 Å². The van der Waals surface area contributed by atoms with E-state index in [0.717, 1.165) is 13.0 Å². The quantitative estimate of drug-likeness (QED) is 0.422. The topological polar surface area (TPSA) is 95.3 Å². The molecule has 1 N–H and O–H groups in total. The first-order chi connectivity index (χ1) is 12.7.